The van der Waals surface area contributed by atoms with Gasteiger partial charge < -0.3 is 10.1 Å². The van der Waals surface area contributed by atoms with Crippen LogP contribution >= 0.6 is 0 Å². The van der Waals surface area contributed by atoms with Gasteiger partial charge in [0.15, 0.2) is 0 Å². The lowest BCUT2D eigenvalue weighted by atomic mass is 10.1. The largest absolute Gasteiger partial charge is 0.497 e. The predicted molar refractivity (Wildman–Crippen MR) is 65.2 cm³/mol. The lowest BCUT2D eigenvalue weighted by molar-refractivity contribution is 0.414. The van der Waals surface area contributed by atoms with Crippen LogP contribution in [-0.4, -0.2) is 20.2 Å². The maximum atomic E-state index is 5.17. The van der Waals surface area contributed by atoms with Gasteiger partial charge in [0.1, 0.15) is 5.75 Å². The molecule has 1 rings (SSSR count). The minimum atomic E-state index is 0.903. The molecule has 0 saturated carbocycles. The van der Waals surface area contributed by atoms with Crippen LogP contribution in [0.1, 0.15) is 19.4 Å². The van der Waals surface area contributed by atoms with Gasteiger partial charge in [-0.15, -0.1) is 0 Å². The Labute approximate surface area is 92.0 Å². The van der Waals surface area contributed by atoms with Gasteiger partial charge in [0.2, 0.25) is 0 Å². The minimum absolute atomic E-state index is 0.903. The monoisotopic (exact) mass is 205 g/mol. The molecule has 0 heterocycles. The second-order valence-corrected chi connectivity index (χ2v) is 3.55. The Morgan fingerprint density at radius 1 is 1.47 bits per heavy atom. The molecule has 0 amide bonds. The average molecular weight is 205 g/mol. The molecule has 0 spiro atoms. The molecule has 0 aliphatic heterocycles. The van der Waals surface area contributed by atoms with Gasteiger partial charge in [-0.2, -0.15) is 0 Å². The van der Waals surface area contributed by atoms with E-state index in [4.69, 9.17) is 4.74 Å². The fraction of sp³-hybridized carbons (Fsp3) is 0.385. The van der Waals surface area contributed by atoms with E-state index >= 15 is 0 Å². The summed E-state index contributed by atoms with van der Waals surface area (Å²) >= 11 is 0. The Kier molecular flexibility index (Phi) is 4.91. The highest BCUT2D eigenvalue weighted by Crippen LogP contribution is 2.14. The Morgan fingerprint density at radius 2 is 2.27 bits per heavy atom. The van der Waals surface area contributed by atoms with Crippen molar-refractivity contribution in [2.45, 2.75) is 13.8 Å². The molecule has 2 nitrogen and oxygen atoms in total. The van der Waals surface area contributed by atoms with Crippen molar-refractivity contribution in [3.05, 3.63) is 35.4 Å². The molecule has 2 heteroatoms. The molecule has 0 unspecified atom stereocenters. The van der Waals surface area contributed by atoms with E-state index in [-0.39, 0.29) is 0 Å². The summed E-state index contributed by atoms with van der Waals surface area (Å²) in [6.45, 7) is 6.18. The van der Waals surface area contributed by atoms with Crippen molar-refractivity contribution in [1.29, 1.82) is 0 Å². The van der Waals surface area contributed by atoms with Crippen LogP contribution in [-0.2, 0) is 0 Å². The van der Waals surface area contributed by atoms with Crippen LogP contribution in [0.4, 0.5) is 0 Å². The second-order valence-electron chi connectivity index (χ2n) is 3.55. The lowest BCUT2D eigenvalue weighted by Gasteiger charge is -2.03. The molecular formula is C13H19NO. The van der Waals surface area contributed by atoms with E-state index in [1.165, 1.54) is 11.1 Å². The first kappa shape index (κ1) is 11.8. The molecule has 0 aliphatic rings. The number of ether oxygens (including phenoxy) is 1. The first-order chi connectivity index (χ1) is 7.26. The van der Waals surface area contributed by atoms with Gasteiger partial charge >= 0.3 is 0 Å². The van der Waals surface area contributed by atoms with Crippen LogP contribution in [0.3, 0.4) is 0 Å². The van der Waals surface area contributed by atoms with Gasteiger partial charge in [-0.3, -0.25) is 0 Å². The Hall–Kier alpha value is -1.28. The maximum Gasteiger partial charge on any atom is 0.119 e. The number of likely N-dealkylation sites (N-methyl/N-ethyl adjacent to an activating group) is 1. The molecule has 0 aliphatic carbocycles. The highest BCUT2D eigenvalue weighted by atomic mass is 16.5. The molecular weight excluding hydrogens is 186 g/mol. The van der Waals surface area contributed by atoms with Gasteiger partial charge in [0.25, 0.3) is 0 Å². The predicted octanol–water partition coefficient (Wildman–Crippen LogP) is 2.71. The van der Waals surface area contributed by atoms with Crippen molar-refractivity contribution in [3.8, 4) is 5.75 Å². The van der Waals surface area contributed by atoms with Crippen LogP contribution in [0.15, 0.2) is 29.8 Å². The van der Waals surface area contributed by atoms with Crippen LogP contribution in [0.2, 0.25) is 0 Å². The molecule has 0 fully saturated rings. The quantitative estimate of drug-likeness (QED) is 0.798. The smallest absolute Gasteiger partial charge is 0.119 e. The third-order valence-corrected chi connectivity index (χ3v) is 2.16. The van der Waals surface area contributed by atoms with Crippen LogP contribution in [0.25, 0.3) is 6.08 Å². The zero-order valence-electron chi connectivity index (χ0n) is 9.71. The highest BCUT2D eigenvalue weighted by Gasteiger charge is 1.93. The van der Waals surface area contributed by atoms with Crippen molar-refractivity contribution < 1.29 is 4.74 Å². The number of nitrogens with one attached hydrogen (secondary N) is 1. The summed E-state index contributed by atoms with van der Waals surface area (Å²) in [5.74, 6) is 0.903. The van der Waals surface area contributed by atoms with Gasteiger partial charge in [-0.05, 0) is 31.2 Å². The van der Waals surface area contributed by atoms with E-state index in [2.05, 4.69) is 31.3 Å². The average Bonchev–Trinajstić information content (AvgIpc) is 2.26. The molecule has 0 radical (unpaired) electrons. The van der Waals surface area contributed by atoms with Gasteiger partial charge in [0.05, 0.1) is 7.11 Å². The normalized spacial score (nSPS) is 11.5. The van der Waals surface area contributed by atoms with Gasteiger partial charge in [0, 0.05) is 6.54 Å². The molecule has 0 aromatic heterocycles. The second kappa shape index (κ2) is 6.25. The molecule has 15 heavy (non-hydrogen) atoms. The summed E-state index contributed by atoms with van der Waals surface area (Å²) in [5, 5.41) is 3.30. The molecule has 82 valence electrons. The summed E-state index contributed by atoms with van der Waals surface area (Å²) < 4.78 is 5.17. The molecule has 0 bridgehead atoms. The third kappa shape index (κ3) is 4.17. The number of hydrogen-bond donors (Lipinski definition) is 1. The van der Waals surface area contributed by atoms with Crippen LogP contribution < -0.4 is 10.1 Å². The molecule has 1 aromatic carbocycles. The van der Waals surface area contributed by atoms with Gasteiger partial charge in [-0.1, -0.05) is 30.7 Å². The third-order valence-electron chi connectivity index (χ3n) is 2.16. The van der Waals surface area contributed by atoms with E-state index in [0.29, 0.717) is 0 Å². The number of hydrogen-bond acceptors (Lipinski definition) is 2. The number of rotatable bonds is 5. The molecule has 1 aromatic rings. The van der Waals surface area contributed by atoms with E-state index in [1.807, 2.05) is 18.2 Å². The number of benzene rings is 1. The summed E-state index contributed by atoms with van der Waals surface area (Å²) in [7, 11) is 1.69. The van der Waals surface area contributed by atoms with E-state index in [1.54, 1.807) is 7.11 Å². The minimum Gasteiger partial charge on any atom is -0.497 e. The maximum absolute atomic E-state index is 5.17. The first-order valence-corrected chi connectivity index (χ1v) is 5.28. The Morgan fingerprint density at radius 3 is 2.93 bits per heavy atom. The fourth-order valence-electron chi connectivity index (χ4n) is 1.39. The first-order valence-electron chi connectivity index (χ1n) is 5.28. The van der Waals surface area contributed by atoms with Crippen molar-refractivity contribution in [1.82, 2.24) is 5.32 Å². The van der Waals surface area contributed by atoms with Crippen LogP contribution in [0.5, 0.6) is 5.75 Å². The zero-order chi connectivity index (χ0) is 11.1. The van der Waals surface area contributed by atoms with E-state index in [9.17, 15) is 0 Å². The topological polar surface area (TPSA) is 21.3 Å². The lowest BCUT2D eigenvalue weighted by Crippen LogP contribution is -2.14. The van der Waals surface area contributed by atoms with Crippen LogP contribution in [0, 0.1) is 0 Å². The highest BCUT2D eigenvalue weighted by molar-refractivity contribution is 5.54. The standard InChI is InChI=1S/C13H19NO/c1-4-14-10-11(2)8-12-6-5-7-13(9-12)15-3/h5-9,14H,4,10H2,1-3H3. The van der Waals surface area contributed by atoms with E-state index < -0.39 is 0 Å². The Bertz CT molecular complexity index is 331. The molecule has 0 saturated heterocycles. The molecule has 1 N–H and O–H groups in total. The van der Waals surface area contributed by atoms with Crippen molar-refractivity contribution >= 4 is 6.08 Å². The summed E-state index contributed by atoms with van der Waals surface area (Å²) in [4.78, 5) is 0. The van der Waals surface area contributed by atoms with Gasteiger partial charge in [-0.25, -0.2) is 0 Å². The van der Waals surface area contributed by atoms with Crippen molar-refractivity contribution in [2.75, 3.05) is 20.2 Å². The van der Waals surface area contributed by atoms with Crippen molar-refractivity contribution in [2.24, 2.45) is 0 Å². The molecule has 0 atom stereocenters. The number of methoxy groups -OCH3 is 1. The zero-order valence-corrected chi connectivity index (χ0v) is 9.71. The van der Waals surface area contributed by atoms with Crippen molar-refractivity contribution in [3.63, 3.8) is 0 Å². The van der Waals surface area contributed by atoms with E-state index in [0.717, 1.165) is 18.8 Å². The fourth-order valence-corrected chi connectivity index (χ4v) is 1.39. The summed E-state index contributed by atoms with van der Waals surface area (Å²) in [6, 6.07) is 8.08. The summed E-state index contributed by atoms with van der Waals surface area (Å²) in [6.07, 6.45) is 2.17. The summed E-state index contributed by atoms with van der Waals surface area (Å²) in [5.41, 5.74) is 2.51. The Balaban J connectivity index is 2.69. The SMILES string of the molecule is CCNCC(C)=Cc1cccc(OC)c1.